The van der Waals surface area contributed by atoms with Gasteiger partial charge in [0.05, 0.1) is 5.69 Å². The Balaban J connectivity index is 1.80. The molecule has 1 spiro atoms. The molecule has 4 rings (SSSR count). The first kappa shape index (κ1) is 17.7. The van der Waals surface area contributed by atoms with Crippen molar-refractivity contribution in [3.63, 3.8) is 0 Å². The number of hydrogen-bond donors (Lipinski definition) is 1. The summed E-state index contributed by atoms with van der Waals surface area (Å²) in [6.07, 6.45) is 0.263. The lowest BCUT2D eigenvalue weighted by Crippen LogP contribution is -2.68. The molecular formula is C20H18BrN3O3. The van der Waals surface area contributed by atoms with Crippen molar-refractivity contribution in [2.45, 2.75) is 13.3 Å². The van der Waals surface area contributed by atoms with E-state index < -0.39 is 23.3 Å². The summed E-state index contributed by atoms with van der Waals surface area (Å²) in [5.74, 6) is -1.03. The first-order valence-electron chi connectivity index (χ1n) is 8.58. The van der Waals surface area contributed by atoms with E-state index >= 15 is 0 Å². The summed E-state index contributed by atoms with van der Waals surface area (Å²) in [5, 5.41) is 2.39. The number of halogens is 1. The normalized spacial score (nSPS) is 22.1. The number of carbonyl (C=O) groups excluding carboxylic acids is 3. The summed E-state index contributed by atoms with van der Waals surface area (Å²) in [5.41, 5.74) is 2.08. The largest absolute Gasteiger partial charge is 0.373 e. The Morgan fingerprint density at radius 1 is 1.07 bits per heavy atom. The van der Waals surface area contributed by atoms with Crippen LogP contribution in [-0.4, -0.2) is 31.4 Å². The van der Waals surface area contributed by atoms with Crippen molar-refractivity contribution in [3.8, 4) is 0 Å². The van der Waals surface area contributed by atoms with Crippen molar-refractivity contribution < 1.29 is 14.4 Å². The van der Waals surface area contributed by atoms with Crippen LogP contribution in [-0.2, 0) is 16.0 Å². The molecule has 6 nitrogen and oxygen atoms in total. The van der Waals surface area contributed by atoms with Crippen LogP contribution in [0, 0.1) is 12.3 Å². The molecule has 1 N–H and O–H groups in total. The minimum absolute atomic E-state index is 0.216. The van der Waals surface area contributed by atoms with Crippen LogP contribution in [0.5, 0.6) is 0 Å². The van der Waals surface area contributed by atoms with Crippen molar-refractivity contribution >= 4 is 45.2 Å². The molecule has 1 fully saturated rings. The molecule has 0 unspecified atom stereocenters. The van der Waals surface area contributed by atoms with Gasteiger partial charge in [-0.15, -0.1) is 0 Å². The fraction of sp³-hybridized carbons (Fsp3) is 0.250. The molecule has 0 radical (unpaired) electrons. The lowest BCUT2D eigenvalue weighted by atomic mass is 9.74. The number of amides is 4. The monoisotopic (exact) mass is 427 g/mol. The lowest BCUT2D eigenvalue weighted by molar-refractivity contribution is -0.142. The van der Waals surface area contributed by atoms with Crippen molar-refractivity contribution in [2.24, 2.45) is 5.41 Å². The Hall–Kier alpha value is -2.67. The number of urea groups is 1. The van der Waals surface area contributed by atoms with Crippen LogP contribution in [0.2, 0.25) is 0 Å². The standard InChI is InChI=1S/C20H18BrN3O3/c1-12-3-8-16-13(9-12)10-20(11-23(16)2)17(25)22-19(27)24(18(20)26)15-6-4-14(21)5-7-15/h3-9H,10-11H2,1-2H3,(H,22,25,27)/t20-/m1/s1. The van der Waals surface area contributed by atoms with Gasteiger partial charge >= 0.3 is 6.03 Å². The van der Waals surface area contributed by atoms with Gasteiger partial charge in [0, 0.05) is 23.8 Å². The second-order valence-electron chi connectivity index (χ2n) is 7.12. The minimum Gasteiger partial charge on any atom is -0.373 e. The third kappa shape index (κ3) is 2.73. The average Bonchev–Trinajstić information content (AvgIpc) is 2.61. The molecule has 2 heterocycles. The van der Waals surface area contributed by atoms with Gasteiger partial charge in [-0.3, -0.25) is 14.9 Å². The van der Waals surface area contributed by atoms with Gasteiger partial charge in [-0.2, -0.15) is 0 Å². The first-order valence-corrected chi connectivity index (χ1v) is 9.37. The van der Waals surface area contributed by atoms with Gasteiger partial charge in [0.25, 0.3) is 5.91 Å². The number of rotatable bonds is 1. The molecule has 2 aromatic carbocycles. The minimum atomic E-state index is -1.34. The SMILES string of the molecule is Cc1ccc2c(c1)C[C@@]1(CN2C)C(=O)NC(=O)N(c2ccc(Br)cc2)C1=O. The number of aryl methyl sites for hydroxylation is 1. The second kappa shape index (κ2) is 6.20. The van der Waals surface area contributed by atoms with Gasteiger partial charge in [-0.05, 0) is 49.2 Å². The van der Waals surface area contributed by atoms with E-state index in [0.29, 0.717) is 5.69 Å². The van der Waals surface area contributed by atoms with Crippen LogP contribution in [0.25, 0.3) is 0 Å². The van der Waals surface area contributed by atoms with Crippen molar-refractivity contribution in [2.75, 3.05) is 23.4 Å². The van der Waals surface area contributed by atoms with Gasteiger partial charge in [0.2, 0.25) is 5.91 Å². The van der Waals surface area contributed by atoms with E-state index in [0.717, 1.165) is 26.2 Å². The molecular weight excluding hydrogens is 410 g/mol. The molecule has 27 heavy (non-hydrogen) atoms. The third-order valence-corrected chi connectivity index (χ3v) is 5.73. The number of imide groups is 2. The van der Waals surface area contributed by atoms with Crippen LogP contribution < -0.4 is 15.1 Å². The van der Waals surface area contributed by atoms with Crippen molar-refractivity contribution in [3.05, 3.63) is 58.1 Å². The number of fused-ring (bicyclic) bond motifs is 1. The van der Waals surface area contributed by atoms with Crippen LogP contribution in [0.3, 0.4) is 0 Å². The van der Waals surface area contributed by atoms with E-state index in [1.54, 1.807) is 24.3 Å². The van der Waals surface area contributed by atoms with Crippen LogP contribution >= 0.6 is 15.9 Å². The van der Waals surface area contributed by atoms with E-state index in [2.05, 4.69) is 21.2 Å². The van der Waals surface area contributed by atoms with Crippen molar-refractivity contribution in [1.29, 1.82) is 0 Å². The van der Waals surface area contributed by atoms with E-state index in [1.165, 1.54) is 0 Å². The Morgan fingerprint density at radius 3 is 2.48 bits per heavy atom. The zero-order valence-corrected chi connectivity index (χ0v) is 16.5. The Kier molecular flexibility index (Phi) is 4.07. The van der Waals surface area contributed by atoms with E-state index in [9.17, 15) is 14.4 Å². The number of nitrogens with one attached hydrogen (secondary N) is 1. The summed E-state index contributed by atoms with van der Waals surface area (Å²) in [6, 6.07) is 12.2. The molecule has 1 saturated heterocycles. The zero-order valence-electron chi connectivity index (χ0n) is 15.0. The fourth-order valence-electron chi connectivity index (χ4n) is 3.90. The summed E-state index contributed by atoms with van der Waals surface area (Å²) in [4.78, 5) is 41.7. The molecule has 2 aromatic rings. The molecule has 1 atom stereocenters. The van der Waals surface area contributed by atoms with Gasteiger partial charge in [-0.1, -0.05) is 33.6 Å². The maximum Gasteiger partial charge on any atom is 0.335 e. The quantitative estimate of drug-likeness (QED) is 0.710. The lowest BCUT2D eigenvalue weighted by Gasteiger charge is -2.45. The topological polar surface area (TPSA) is 69.7 Å². The van der Waals surface area contributed by atoms with Gasteiger partial charge < -0.3 is 4.90 Å². The van der Waals surface area contributed by atoms with Crippen LogP contribution in [0.15, 0.2) is 46.9 Å². The molecule has 0 bridgehead atoms. The second-order valence-corrected chi connectivity index (χ2v) is 8.04. The molecule has 0 aliphatic carbocycles. The van der Waals surface area contributed by atoms with Gasteiger partial charge in [-0.25, -0.2) is 9.69 Å². The summed E-state index contributed by atoms with van der Waals surface area (Å²) in [6.45, 7) is 2.19. The molecule has 0 aromatic heterocycles. The van der Waals surface area contributed by atoms with Crippen molar-refractivity contribution in [1.82, 2.24) is 5.32 Å². The molecule has 4 amide bonds. The highest BCUT2D eigenvalue weighted by atomic mass is 79.9. The highest BCUT2D eigenvalue weighted by Gasteiger charge is 2.56. The molecule has 7 heteroatoms. The maximum absolute atomic E-state index is 13.5. The number of carbonyl (C=O) groups is 3. The summed E-state index contributed by atoms with van der Waals surface area (Å²) < 4.78 is 0.837. The predicted octanol–water partition coefficient (Wildman–Crippen LogP) is 3.02. The maximum atomic E-state index is 13.5. The highest BCUT2D eigenvalue weighted by molar-refractivity contribution is 9.10. The Bertz CT molecular complexity index is 973. The number of anilines is 2. The Labute approximate surface area is 165 Å². The molecule has 2 aliphatic heterocycles. The average molecular weight is 428 g/mol. The summed E-state index contributed by atoms with van der Waals surface area (Å²) >= 11 is 3.35. The first-order chi connectivity index (χ1) is 12.8. The molecule has 0 saturated carbocycles. The zero-order chi connectivity index (χ0) is 19.3. The number of hydrogen-bond acceptors (Lipinski definition) is 4. The van der Waals surface area contributed by atoms with Gasteiger partial charge in [0.15, 0.2) is 5.41 Å². The third-order valence-electron chi connectivity index (χ3n) is 5.20. The van der Waals surface area contributed by atoms with Gasteiger partial charge in [0.1, 0.15) is 0 Å². The predicted molar refractivity (Wildman–Crippen MR) is 106 cm³/mol. The fourth-order valence-corrected chi connectivity index (χ4v) is 4.16. The van der Waals surface area contributed by atoms with E-state index in [4.69, 9.17) is 0 Å². The van der Waals surface area contributed by atoms with Crippen LogP contribution in [0.1, 0.15) is 11.1 Å². The Morgan fingerprint density at radius 2 is 1.78 bits per heavy atom. The highest BCUT2D eigenvalue weighted by Crippen LogP contribution is 2.40. The molecule has 2 aliphatic rings. The van der Waals surface area contributed by atoms with E-state index in [-0.39, 0.29) is 13.0 Å². The smallest absolute Gasteiger partial charge is 0.335 e. The summed E-state index contributed by atoms with van der Waals surface area (Å²) in [7, 11) is 1.86. The number of benzene rings is 2. The number of nitrogens with zero attached hydrogens (tertiary/aromatic N) is 2. The van der Waals surface area contributed by atoms with Crippen LogP contribution in [0.4, 0.5) is 16.2 Å². The van der Waals surface area contributed by atoms with E-state index in [1.807, 2.05) is 37.1 Å². The number of barbiturate groups is 1. The molecule has 138 valence electrons.